The highest BCUT2D eigenvalue weighted by atomic mass is 19.1. The topological polar surface area (TPSA) is 70.2 Å². The van der Waals surface area contributed by atoms with Gasteiger partial charge in [0.05, 0.1) is 0 Å². The Kier molecular flexibility index (Phi) is 6.44. The maximum Gasteiger partial charge on any atom is 0.251 e. The van der Waals surface area contributed by atoms with E-state index in [1.54, 1.807) is 0 Å². The maximum atomic E-state index is 13.0. The van der Waals surface area contributed by atoms with E-state index < -0.39 is 0 Å². The number of benzene rings is 1. The lowest BCUT2D eigenvalue weighted by Gasteiger charge is -2.29. The van der Waals surface area contributed by atoms with Crippen LogP contribution >= 0.6 is 0 Å². The van der Waals surface area contributed by atoms with E-state index in [1.807, 2.05) is 32.0 Å². The van der Waals surface area contributed by atoms with Crippen LogP contribution in [0.25, 0.3) is 0 Å². The number of nitrogens with zero attached hydrogens (tertiary/aromatic N) is 3. The van der Waals surface area contributed by atoms with Gasteiger partial charge in [-0.05, 0) is 62.8 Å². The van der Waals surface area contributed by atoms with Crippen molar-refractivity contribution in [1.29, 1.82) is 0 Å². The molecule has 150 valence electrons. The fourth-order valence-corrected chi connectivity index (χ4v) is 3.52. The first-order chi connectivity index (χ1) is 13.4. The Labute approximate surface area is 165 Å². The van der Waals surface area contributed by atoms with Crippen molar-refractivity contribution in [3.8, 4) is 0 Å². The van der Waals surface area contributed by atoms with Crippen molar-refractivity contribution in [2.45, 2.75) is 38.6 Å². The number of hydrogen-bond acceptors (Lipinski definition) is 5. The average molecular weight is 385 g/mol. The molecule has 0 saturated heterocycles. The quantitative estimate of drug-likeness (QED) is 0.798. The van der Waals surface area contributed by atoms with Gasteiger partial charge < -0.3 is 15.5 Å². The van der Waals surface area contributed by atoms with Gasteiger partial charge in [0, 0.05) is 38.3 Å². The van der Waals surface area contributed by atoms with E-state index in [1.165, 1.54) is 24.3 Å². The van der Waals surface area contributed by atoms with E-state index in [0.717, 1.165) is 43.1 Å². The lowest BCUT2D eigenvalue weighted by atomic mass is 9.86. The van der Waals surface area contributed by atoms with Crippen LogP contribution < -0.4 is 15.5 Å². The Morgan fingerprint density at radius 1 is 1.14 bits per heavy atom. The van der Waals surface area contributed by atoms with Crippen molar-refractivity contribution in [3.05, 3.63) is 47.5 Å². The number of aryl methyl sites for hydroxylation is 1. The summed E-state index contributed by atoms with van der Waals surface area (Å²) in [6.45, 7) is 2.55. The molecule has 1 aliphatic rings. The van der Waals surface area contributed by atoms with Gasteiger partial charge in [0.15, 0.2) is 0 Å². The number of aromatic nitrogens is 2. The highest BCUT2D eigenvalue weighted by Gasteiger charge is 2.22. The predicted molar refractivity (Wildman–Crippen MR) is 109 cm³/mol. The van der Waals surface area contributed by atoms with Crippen molar-refractivity contribution in [3.63, 3.8) is 0 Å². The number of rotatable bonds is 6. The van der Waals surface area contributed by atoms with Crippen LogP contribution in [0.1, 0.15) is 41.9 Å². The van der Waals surface area contributed by atoms with E-state index in [4.69, 9.17) is 0 Å². The second kappa shape index (κ2) is 8.99. The molecule has 0 radical (unpaired) electrons. The molecule has 1 amide bonds. The van der Waals surface area contributed by atoms with Crippen molar-refractivity contribution in [1.82, 2.24) is 15.3 Å². The van der Waals surface area contributed by atoms with Gasteiger partial charge in [-0.1, -0.05) is 0 Å². The summed E-state index contributed by atoms with van der Waals surface area (Å²) in [5.74, 6) is 2.50. The Balaban J connectivity index is 1.46. The molecule has 1 aliphatic carbocycles. The van der Waals surface area contributed by atoms with Crippen molar-refractivity contribution in [2.24, 2.45) is 5.92 Å². The molecule has 0 bridgehead atoms. The predicted octanol–water partition coefficient (Wildman–Crippen LogP) is 3.39. The summed E-state index contributed by atoms with van der Waals surface area (Å²) in [5, 5.41) is 6.51. The SMILES string of the molecule is Cc1nc(N[C@H]2CC[C@@H](CNC(=O)c3ccc(F)cc3)CC2)cc(N(C)C)n1. The molecule has 0 atom stereocenters. The van der Waals surface area contributed by atoms with Gasteiger partial charge >= 0.3 is 0 Å². The summed E-state index contributed by atoms with van der Waals surface area (Å²) in [4.78, 5) is 23.1. The lowest BCUT2D eigenvalue weighted by Crippen LogP contribution is -2.34. The van der Waals surface area contributed by atoms with E-state index in [2.05, 4.69) is 20.6 Å². The third-order valence-electron chi connectivity index (χ3n) is 5.14. The van der Waals surface area contributed by atoms with Gasteiger partial charge in [-0.15, -0.1) is 0 Å². The van der Waals surface area contributed by atoms with Crippen LogP contribution in [-0.2, 0) is 0 Å². The van der Waals surface area contributed by atoms with E-state index >= 15 is 0 Å². The monoisotopic (exact) mass is 385 g/mol. The standard InChI is InChI=1S/C21H28FN5O/c1-14-24-19(12-20(25-14)27(2)3)26-18-10-4-15(5-11-18)13-23-21(28)16-6-8-17(22)9-7-16/h6-9,12,15,18H,4-5,10-11,13H2,1-3H3,(H,23,28)(H,24,25,26)/t15-,18+. The zero-order chi connectivity index (χ0) is 20.1. The number of carbonyl (C=O) groups is 1. The van der Waals surface area contributed by atoms with Crippen molar-refractivity contribution in [2.75, 3.05) is 30.9 Å². The number of halogens is 1. The largest absolute Gasteiger partial charge is 0.367 e. The molecule has 2 N–H and O–H groups in total. The summed E-state index contributed by atoms with van der Waals surface area (Å²) >= 11 is 0. The molecule has 1 aromatic carbocycles. The summed E-state index contributed by atoms with van der Waals surface area (Å²) in [6, 6.07) is 7.99. The van der Waals surface area contributed by atoms with Crippen molar-refractivity contribution >= 4 is 17.5 Å². The first-order valence-corrected chi connectivity index (χ1v) is 9.74. The first kappa shape index (κ1) is 20.0. The van der Waals surface area contributed by atoms with Crippen LogP contribution in [0.3, 0.4) is 0 Å². The zero-order valence-corrected chi connectivity index (χ0v) is 16.7. The molecule has 6 nitrogen and oxygen atoms in total. The minimum Gasteiger partial charge on any atom is -0.367 e. The van der Waals surface area contributed by atoms with Crippen molar-refractivity contribution < 1.29 is 9.18 Å². The molecule has 0 aliphatic heterocycles. The van der Waals surface area contributed by atoms with Crippen LogP contribution in [0.15, 0.2) is 30.3 Å². The van der Waals surface area contributed by atoms with Crippen LogP contribution in [0.2, 0.25) is 0 Å². The summed E-state index contributed by atoms with van der Waals surface area (Å²) < 4.78 is 13.0. The number of carbonyl (C=O) groups excluding carboxylic acids is 1. The molecule has 1 saturated carbocycles. The fraction of sp³-hybridized carbons (Fsp3) is 0.476. The zero-order valence-electron chi connectivity index (χ0n) is 16.7. The molecular formula is C21H28FN5O. The van der Waals surface area contributed by atoms with E-state index in [0.29, 0.717) is 24.1 Å². The Morgan fingerprint density at radius 2 is 1.82 bits per heavy atom. The second-order valence-corrected chi connectivity index (χ2v) is 7.63. The highest BCUT2D eigenvalue weighted by molar-refractivity contribution is 5.94. The Hall–Kier alpha value is -2.70. The molecule has 0 unspecified atom stereocenters. The average Bonchev–Trinajstić information content (AvgIpc) is 2.67. The summed E-state index contributed by atoms with van der Waals surface area (Å²) in [6.07, 6.45) is 4.17. The molecule has 1 heterocycles. The van der Waals surface area contributed by atoms with Gasteiger partial charge in [0.25, 0.3) is 5.91 Å². The number of anilines is 2. The molecule has 2 aromatic rings. The van der Waals surface area contributed by atoms with E-state index in [-0.39, 0.29) is 11.7 Å². The number of amides is 1. The van der Waals surface area contributed by atoms with Gasteiger partial charge in [-0.3, -0.25) is 4.79 Å². The van der Waals surface area contributed by atoms with Crippen LogP contribution in [-0.4, -0.2) is 42.6 Å². The molecular weight excluding hydrogens is 357 g/mol. The van der Waals surface area contributed by atoms with Crippen LogP contribution in [0, 0.1) is 18.7 Å². The van der Waals surface area contributed by atoms with Gasteiger partial charge in [-0.25, -0.2) is 14.4 Å². The smallest absolute Gasteiger partial charge is 0.251 e. The normalized spacial score (nSPS) is 19.1. The Morgan fingerprint density at radius 3 is 2.46 bits per heavy atom. The fourth-order valence-electron chi connectivity index (χ4n) is 3.52. The van der Waals surface area contributed by atoms with Gasteiger partial charge in [0.2, 0.25) is 0 Å². The minimum atomic E-state index is -0.334. The van der Waals surface area contributed by atoms with Crippen LogP contribution in [0.5, 0.6) is 0 Å². The molecule has 28 heavy (non-hydrogen) atoms. The minimum absolute atomic E-state index is 0.145. The van der Waals surface area contributed by atoms with Crippen LogP contribution in [0.4, 0.5) is 16.0 Å². The molecule has 1 fully saturated rings. The Bertz CT molecular complexity index is 801. The summed E-state index contributed by atoms with van der Waals surface area (Å²) in [7, 11) is 3.94. The maximum absolute atomic E-state index is 13.0. The number of nitrogens with one attached hydrogen (secondary N) is 2. The molecule has 7 heteroatoms. The third-order valence-corrected chi connectivity index (χ3v) is 5.14. The molecule has 0 spiro atoms. The summed E-state index contributed by atoms with van der Waals surface area (Å²) in [5.41, 5.74) is 0.493. The number of hydrogen-bond donors (Lipinski definition) is 2. The van der Waals surface area contributed by atoms with E-state index in [9.17, 15) is 9.18 Å². The van der Waals surface area contributed by atoms with Gasteiger partial charge in [0.1, 0.15) is 23.3 Å². The molecule has 3 rings (SSSR count). The highest BCUT2D eigenvalue weighted by Crippen LogP contribution is 2.26. The molecule has 1 aromatic heterocycles. The lowest BCUT2D eigenvalue weighted by molar-refractivity contribution is 0.0943. The second-order valence-electron chi connectivity index (χ2n) is 7.63. The first-order valence-electron chi connectivity index (χ1n) is 9.74. The van der Waals surface area contributed by atoms with Gasteiger partial charge in [-0.2, -0.15) is 0 Å². The third kappa shape index (κ3) is 5.41.